The van der Waals surface area contributed by atoms with Crippen LogP contribution in [0.1, 0.15) is 6.92 Å². The second-order valence-corrected chi connectivity index (χ2v) is 7.15. The molecule has 2 N–H and O–H groups in total. The molecule has 0 aliphatic carbocycles. The van der Waals surface area contributed by atoms with Gasteiger partial charge in [0.1, 0.15) is 0 Å². The smallest absolute Gasteiger partial charge is 0.237 e. The average Bonchev–Trinajstić information content (AvgIpc) is 3.19. The molecule has 0 fully saturated rings. The summed E-state index contributed by atoms with van der Waals surface area (Å²) < 4.78 is 10.6. The third-order valence-electron chi connectivity index (χ3n) is 3.58. The van der Waals surface area contributed by atoms with Gasteiger partial charge in [0, 0.05) is 18.0 Å². The monoisotopic (exact) mass is 376 g/mol. The number of carbonyl (C=O) groups is 1. The van der Waals surface area contributed by atoms with Crippen molar-refractivity contribution < 1.29 is 14.3 Å². The van der Waals surface area contributed by atoms with Gasteiger partial charge in [-0.2, -0.15) is 0 Å². The summed E-state index contributed by atoms with van der Waals surface area (Å²) in [6.07, 6.45) is 1.54. The molecule has 0 saturated carbocycles. The first-order chi connectivity index (χ1) is 12.1. The number of carbonyl (C=O) groups excluding carboxylic acids is 1. The van der Waals surface area contributed by atoms with E-state index in [-0.39, 0.29) is 18.0 Å². The van der Waals surface area contributed by atoms with Gasteiger partial charge >= 0.3 is 0 Å². The van der Waals surface area contributed by atoms with Gasteiger partial charge < -0.3 is 19.8 Å². The maximum Gasteiger partial charge on any atom is 0.237 e. The summed E-state index contributed by atoms with van der Waals surface area (Å²) in [6.45, 7) is 2.00. The maximum atomic E-state index is 12.4. The number of fused-ring (bicyclic) bond motifs is 2. The number of H-pyrrole nitrogens is 1. The molecular weight excluding hydrogens is 364 g/mol. The molecule has 0 spiro atoms. The molecule has 1 amide bonds. The molecule has 1 aliphatic rings. The Bertz CT molecular complexity index is 962. The molecule has 4 rings (SSSR count). The van der Waals surface area contributed by atoms with E-state index in [1.807, 2.05) is 0 Å². The van der Waals surface area contributed by atoms with Crippen LogP contribution in [0.3, 0.4) is 0 Å². The number of benzene rings is 1. The van der Waals surface area contributed by atoms with Crippen LogP contribution in [-0.2, 0) is 4.79 Å². The molecule has 3 aromatic rings. The minimum atomic E-state index is -0.360. The van der Waals surface area contributed by atoms with Crippen LogP contribution in [0.4, 0.5) is 5.69 Å². The van der Waals surface area contributed by atoms with Crippen LogP contribution in [0.2, 0.25) is 5.02 Å². The van der Waals surface area contributed by atoms with Crippen molar-refractivity contribution in [2.24, 2.45) is 0 Å². The fourth-order valence-corrected chi connectivity index (χ4v) is 3.31. The number of hydrogen-bond donors (Lipinski definition) is 2. The van der Waals surface area contributed by atoms with E-state index in [9.17, 15) is 4.79 Å². The number of nitrogens with one attached hydrogen (secondary N) is 2. The van der Waals surface area contributed by atoms with E-state index < -0.39 is 0 Å². The number of nitrogens with zero attached hydrogens (tertiary/aromatic N) is 2. The van der Waals surface area contributed by atoms with Crippen LogP contribution in [-0.4, -0.2) is 32.9 Å². The zero-order chi connectivity index (χ0) is 17.4. The summed E-state index contributed by atoms with van der Waals surface area (Å²) >= 11 is 7.22. The Balaban J connectivity index is 1.44. The lowest BCUT2D eigenvalue weighted by Gasteiger charge is -2.10. The molecule has 25 heavy (non-hydrogen) atoms. The van der Waals surface area contributed by atoms with Crippen molar-refractivity contribution in [3.63, 3.8) is 0 Å². The lowest BCUT2D eigenvalue weighted by Crippen LogP contribution is -2.22. The van der Waals surface area contributed by atoms with Crippen molar-refractivity contribution in [2.75, 3.05) is 12.1 Å². The van der Waals surface area contributed by atoms with Crippen molar-refractivity contribution in [3.05, 3.63) is 35.5 Å². The SMILES string of the molecule is CC(Sc1nc2ncc(Cl)cc2[nH]1)C(=O)Nc1ccc2c(c1)OCO2. The van der Waals surface area contributed by atoms with E-state index in [1.54, 1.807) is 31.2 Å². The Kier molecular flexibility index (Phi) is 4.14. The summed E-state index contributed by atoms with van der Waals surface area (Å²) in [5.74, 6) is 1.16. The van der Waals surface area contributed by atoms with E-state index in [2.05, 4.69) is 20.3 Å². The van der Waals surface area contributed by atoms with Gasteiger partial charge in [-0.3, -0.25) is 4.79 Å². The van der Waals surface area contributed by atoms with E-state index in [1.165, 1.54) is 18.0 Å². The second kappa shape index (κ2) is 6.45. The van der Waals surface area contributed by atoms with Crippen molar-refractivity contribution in [1.29, 1.82) is 0 Å². The zero-order valence-corrected chi connectivity index (χ0v) is 14.6. The van der Waals surface area contributed by atoms with E-state index >= 15 is 0 Å². The Labute approximate surface area is 152 Å². The van der Waals surface area contributed by atoms with E-state index in [0.717, 1.165) is 5.52 Å². The summed E-state index contributed by atoms with van der Waals surface area (Å²) in [7, 11) is 0. The van der Waals surface area contributed by atoms with Gasteiger partial charge in [-0.05, 0) is 25.1 Å². The molecule has 1 atom stereocenters. The van der Waals surface area contributed by atoms with Crippen LogP contribution in [0.25, 0.3) is 11.2 Å². The molecule has 128 valence electrons. The van der Waals surface area contributed by atoms with Gasteiger partial charge in [0.25, 0.3) is 0 Å². The van der Waals surface area contributed by atoms with Gasteiger partial charge in [-0.25, -0.2) is 9.97 Å². The first kappa shape index (κ1) is 16.0. The molecule has 0 saturated heterocycles. The third kappa shape index (κ3) is 3.35. The number of anilines is 1. The van der Waals surface area contributed by atoms with Gasteiger partial charge in [0.05, 0.1) is 15.8 Å². The number of rotatable bonds is 4. The summed E-state index contributed by atoms with van der Waals surface area (Å²) in [4.78, 5) is 24.0. The van der Waals surface area contributed by atoms with Crippen molar-refractivity contribution in [1.82, 2.24) is 15.0 Å². The fourth-order valence-electron chi connectivity index (χ4n) is 2.35. The largest absolute Gasteiger partial charge is 0.454 e. The fraction of sp³-hybridized carbons (Fsp3) is 0.188. The number of aromatic nitrogens is 3. The summed E-state index contributed by atoms with van der Waals surface area (Å²) in [5.41, 5.74) is 1.95. The first-order valence-corrected chi connectivity index (χ1v) is 8.73. The van der Waals surface area contributed by atoms with E-state index in [4.69, 9.17) is 21.1 Å². The van der Waals surface area contributed by atoms with Crippen molar-refractivity contribution >= 4 is 46.1 Å². The Morgan fingerprint density at radius 3 is 3.08 bits per heavy atom. The molecule has 1 aromatic carbocycles. The predicted octanol–water partition coefficient (Wildman–Crippen LogP) is 3.46. The Morgan fingerprint density at radius 2 is 2.20 bits per heavy atom. The molecule has 0 bridgehead atoms. The van der Waals surface area contributed by atoms with Gasteiger partial charge in [-0.15, -0.1) is 0 Å². The number of halogens is 1. The Hall–Kier alpha value is -2.45. The topological polar surface area (TPSA) is 89.1 Å². The van der Waals surface area contributed by atoms with Gasteiger partial charge in [0.15, 0.2) is 22.3 Å². The highest BCUT2D eigenvalue weighted by molar-refractivity contribution is 8.00. The molecule has 9 heteroatoms. The highest BCUT2D eigenvalue weighted by Crippen LogP contribution is 2.34. The number of ether oxygens (including phenoxy) is 2. The number of thioether (sulfide) groups is 1. The molecule has 1 unspecified atom stereocenters. The number of amides is 1. The summed E-state index contributed by atoms with van der Waals surface area (Å²) in [5, 5.41) is 3.64. The number of imidazole rings is 1. The Morgan fingerprint density at radius 1 is 1.36 bits per heavy atom. The van der Waals surface area contributed by atoms with Crippen molar-refractivity contribution in [3.8, 4) is 11.5 Å². The van der Waals surface area contributed by atoms with Crippen LogP contribution >= 0.6 is 23.4 Å². The minimum Gasteiger partial charge on any atom is -0.454 e. The standard InChI is InChI=1S/C16H13ClN4O3S/c1-8(25-16-20-11-4-9(17)6-18-14(11)21-16)15(22)19-10-2-3-12-13(5-10)24-7-23-12/h2-6,8H,7H2,1H3,(H,19,22)(H,18,20,21). The summed E-state index contributed by atoms with van der Waals surface area (Å²) in [6, 6.07) is 7.03. The van der Waals surface area contributed by atoms with Crippen LogP contribution < -0.4 is 14.8 Å². The zero-order valence-electron chi connectivity index (χ0n) is 13.1. The number of pyridine rings is 1. The van der Waals surface area contributed by atoms with Gasteiger partial charge in [0.2, 0.25) is 12.7 Å². The highest BCUT2D eigenvalue weighted by Gasteiger charge is 2.19. The number of aromatic amines is 1. The van der Waals surface area contributed by atoms with Crippen molar-refractivity contribution in [2.45, 2.75) is 17.3 Å². The molecule has 2 aromatic heterocycles. The normalized spacial score (nSPS) is 13.8. The molecule has 1 aliphatic heterocycles. The minimum absolute atomic E-state index is 0.143. The lowest BCUT2D eigenvalue weighted by molar-refractivity contribution is -0.115. The van der Waals surface area contributed by atoms with Crippen LogP contribution in [0.5, 0.6) is 11.5 Å². The predicted molar refractivity (Wildman–Crippen MR) is 95.4 cm³/mol. The molecule has 7 nitrogen and oxygen atoms in total. The second-order valence-electron chi connectivity index (χ2n) is 5.38. The van der Waals surface area contributed by atoms with Crippen LogP contribution in [0.15, 0.2) is 35.6 Å². The quantitative estimate of drug-likeness (QED) is 0.678. The lowest BCUT2D eigenvalue weighted by atomic mass is 10.2. The first-order valence-electron chi connectivity index (χ1n) is 7.47. The average molecular weight is 377 g/mol. The molecule has 0 radical (unpaired) electrons. The molecule has 3 heterocycles. The van der Waals surface area contributed by atoms with E-state index in [0.29, 0.717) is 33.0 Å². The van der Waals surface area contributed by atoms with Crippen LogP contribution in [0, 0.1) is 0 Å². The highest BCUT2D eigenvalue weighted by atomic mass is 35.5. The maximum absolute atomic E-state index is 12.4. The van der Waals surface area contributed by atoms with Gasteiger partial charge in [-0.1, -0.05) is 23.4 Å². The number of hydrogen-bond acceptors (Lipinski definition) is 6. The third-order valence-corrected chi connectivity index (χ3v) is 4.77. The molecular formula is C16H13ClN4O3S.